The van der Waals surface area contributed by atoms with Crippen LogP contribution in [0.2, 0.25) is 0 Å². The zero-order valence-corrected chi connectivity index (χ0v) is 18.2. The molecule has 2 rings (SSSR count). The van der Waals surface area contributed by atoms with Gasteiger partial charge in [0.15, 0.2) is 5.96 Å². The normalized spacial score (nSPS) is 12.3. The van der Waals surface area contributed by atoms with E-state index in [4.69, 9.17) is 4.74 Å². The zero-order valence-electron chi connectivity index (χ0n) is 18.2. The molecule has 0 fully saturated rings. The number of hydrogen-bond donors (Lipinski definition) is 2. The van der Waals surface area contributed by atoms with Crippen LogP contribution in [0.25, 0.3) is 0 Å². The molecule has 156 valence electrons. The number of benzene rings is 2. The predicted octanol–water partition coefficient (Wildman–Crippen LogP) is 3.17. The lowest BCUT2D eigenvalue weighted by molar-refractivity contribution is 0.0827. The fraction of sp³-hybridized carbons (Fsp3) is 0.391. The first-order chi connectivity index (χ1) is 13.8. The number of rotatable bonds is 7. The molecular weight excluding hydrogens is 364 g/mol. The molecule has 1 amide bonds. The van der Waals surface area contributed by atoms with Gasteiger partial charge in [-0.15, -0.1) is 0 Å². The minimum absolute atomic E-state index is 0.0122. The Kier molecular flexibility index (Phi) is 8.07. The van der Waals surface area contributed by atoms with Crippen molar-refractivity contribution in [2.75, 3.05) is 34.8 Å². The highest BCUT2D eigenvalue weighted by Crippen LogP contribution is 2.25. The van der Waals surface area contributed by atoms with Gasteiger partial charge in [-0.2, -0.15) is 0 Å². The van der Waals surface area contributed by atoms with E-state index in [1.54, 1.807) is 33.2 Å². The summed E-state index contributed by atoms with van der Waals surface area (Å²) in [7, 11) is 6.96. The second-order valence-electron chi connectivity index (χ2n) is 7.26. The number of methoxy groups -OCH3 is 1. The van der Waals surface area contributed by atoms with E-state index >= 15 is 0 Å². The molecule has 0 heterocycles. The summed E-state index contributed by atoms with van der Waals surface area (Å²) in [6, 6.07) is 13.9. The molecule has 0 saturated carbocycles. The van der Waals surface area contributed by atoms with Gasteiger partial charge in [-0.25, -0.2) is 0 Å². The molecular formula is C23H32N4O2. The third-order valence-electron chi connectivity index (χ3n) is 4.71. The topological polar surface area (TPSA) is 66.0 Å². The molecule has 0 radical (unpaired) electrons. The summed E-state index contributed by atoms with van der Waals surface area (Å²) in [6.45, 7) is 4.86. The number of carbonyl (C=O) groups excluding carboxylic acids is 1. The van der Waals surface area contributed by atoms with E-state index in [1.165, 1.54) is 5.56 Å². The summed E-state index contributed by atoms with van der Waals surface area (Å²) in [4.78, 5) is 18.0. The third kappa shape index (κ3) is 6.24. The summed E-state index contributed by atoms with van der Waals surface area (Å²) in [5.41, 5.74) is 4.08. The monoisotopic (exact) mass is 396 g/mol. The van der Waals surface area contributed by atoms with Crippen LogP contribution in [-0.4, -0.2) is 51.6 Å². The maximum atomic E-state index is 12.1. The second-order valence-corrected chi connectivity index (χ2v) is 7.26. The Morgan fingerprint density at radius 1 is 1.21 bits per heavy atom. The molecule has 6 heteroatoms. The lowest BCUT2D eigenvalue weighted by atomic mass is 10.0. The van der Waals surface area contributed by atoms with Crippen molar-refractivity contribution in [1.29, 1.82) is 0 Å². The average Bonchev–Trinajstić information content (AvgIpc) is 2.72. The van der Waals surface area contributed by atoms with Gasteiger partial charge in [-0.05, 0) is 44.0 Å². The number of nitrogens with zero attached hydrogens (tertiary/aromatic N) is 2. The van der Waals surface area contributed by atoms with Gasteiger partial charge in [-0.1, -0.05) is 29.8 Å². The van der Waals surface area contributed by atoms with Gasteiger partial charge in [0.2, 0.25) is 0 Å². The summed E-state index contributed by atoms with van der Waals surface area (Å²) in [5.74, 6) is 1.59. The van der Waals surface area contributed by atoms with Crippen molar-refractivity contribution < 1.29 is 9.53 Å². The standard InChI is InChI=1S/C23H32N4O2/c1-16-10-11-21(29-6)20(14-16)17(2)26-23(24-3)25-13-12-18-8-7-9-19(15-18)22(28)27(4)5/h7-11,14-15,17H,12-13H2,1-6H3,(H2,24,25,26). The molecule has 0 aliphatic heterocycles. The van der Waals surface area contributed by atoms with Gasteiger partial charge >= 0.3 is 0 Å². The van der Waals surface area contributed by atoms with Crippen molar-refractivity contribution in [2.24, 2.45) is 4.99 Å². The molecule has 1 atom stereocenters. The van der Waals surface area contributed by atoms with Crippen LogP contribution in [0.3, 0.4) is 0 Å². The number of guanidine groups is 1. The van der Waals surface area contributed by atoms with Crippen LogP contribution in [0.5, 0.6) is 5.75 Å². The van der Waals surface area contributed by atoms with Crippen molar-refractivity contribution in [2.45, 2.75) is 26.3 Å². The predicted molar refractivity (Wildman–Crippen MR) is 119 cm³/mol. The number of amides is 1. The minimum Gasteiger partial charge on any atom is -0.496 e. The summed E-state index contributed by atoms with van der Waals surface area (Å²) >= 11 is 0. The van der Waals surface area contributed by atoms with Gasteiger partial charge < -0.3 is 20.3 Å². The van der Waals surface area contributed by atoms with Gasteiger partial charge in [0.05, 0.1) is 13.2 Å². The Morgan fingerprint density at radius 3 is 2.62 bits per heavy atom. The van der Waals surface area contributed by atoms with Crippen LogP contribution in [0, 0.1) is 6.92 Å². The Morgan fingerprint density at radius 2 is 1.97 bits per heavy atom. The number of nitrogens with one attached hydrogen (secondary N) is 2. The van der Waals surface area contributed by atoms with Crippen LogP contribution in [0.1, 0.15) is 40.0 Å². The van der Waals surface area contributed by atoms with Crippen molar-refractivity contribution in [3.05, 3.63) is 64.7 Å². The number of carbonyl (C=O) groups is 1. The van der Waals surface area contributed by atoms with Gasteiger partial charge in [0, 0.05) is 38.8 Å². The van der Waals surface area contributed by atoms with Crippen LogP contribution in [0.4, 0.5) is 0 Å². The molecule has 6 nitrogen and oxygen atoms in total. The van der Waals surface area contributed by atoms with Crippen LogP contribution in [-0.2, 0) is 6.42 Å². The molecule has 2 N–H and O–H groups in total. The summed E-state index contributed by atoms with van der Waals surface area (Å²) < 4.78 is 5.49. The molecule has 2 aromatic rings. The fourth-order valence-electron chi connectivity index (χ4n) is 3.11. The first-order valence-electron chi connectivity index (χ1n) is 9.78. The lowest BCUT2D eigenvalue weighted by Gasteiger charge is -2.20. The van der Waals surface area contributed by atoms with Gasteiger partial charge in [-0.3, -0.25) is 9.79 Å². The van der Waals surface area contributed by atoms with Crippen molar-refractivity contribution in [3.8, 4) is 5.75 Å². The summed E-state index contributed by atoms with van der Waals surface area (Å²) in [6.07, 6.45) is 0.789. The number of ether oxygens (including phenoxy) is 1. The molecule has 0 aromatic heterocycles. The number of aryl methyl sites for hydroxylation is 1. The molecule has 0 aliphatic rings. The highest BCUT2D eigenvalue weighted by atomic mass is 16.5. The fourth-order valence-corrected chi connectivity index (χ4v) is 3.11. The molecule has 0 spiro atoms. The SMILES string of the molecule is CN=C(NCCc1cccc(C(=O)N(C)C)c1)NC(C)c1cc(C)ccc1OC. The second kappa shape index (κ2) is 10.5. The molecule has 0 saturated heterocycles. The molecule has 0 aliphatic carbocycles. The molecule has 29 heavy (non-hydrogen) atoms. The maximum absolute atomic E-state index is 12.1. The Bertz CT molecular complexity index is 862. The highest BCUT2D eigenvalue weighted by molar-refractivity contribution is 5.94. The first kappa shape index (κ1) is 22.3. The quantitative estimate of drug-likeness (QED) is 0.557. The summed E-state index contributed by atoms with van der Waals surface area (Å²) in [5, 5.41) is 6.76. The van der Waals surface area contributed by atoms with Crippen molar-refractivity contribution in [1.82, 2.24) is 15.5 Å². The lowest BCUT2D eigenvalue weighted by Crippen LogP contribution is -2.39. The van der Waals surface area contributed by atoms with E-state index in [-0.39, 0.29) is 11.9 Å². The van der Waals surface area contributed by atoms with Gasteiger partial charge in [0.25, 0.3) is 5.91 Å². The minimum atomic E-state index is 0.0122. The largest absolute Gasteiger partial charge is 0.496 e. The molecule has 1 unspecified atom stereocenters. The maximum Gasteiger partial charge on any atom is 0.253 e. The van der Waals surface area contributed by atoms with Crippen molar-refractivity contribution in [3.63, 3.8) is 0 Å². The smallest absolute Gasteiger partial charge is 0.253 e. The molecule has 0 bridgehead atoms. The Hall–Kier alpha value is -3.02. The number of aliphatic imine (C=N–C) groups is 1. The zero-order chi connectivity index (χ0) is 21.4. The van der Waals surface area contributed by atoms with E-state index in [0.29, 0.717) is 12.1 Å². The highest BCUT2D eigenvalue weighted by Gasteiger charge is 2.13. The third-order valence-corrected chi connectivity index (χ3v) is 4.71. The first-order valence-corrected chi connectivity index (χ1v) is 9.78. The van der Waals surface area contributed by atoms with Gasteiger partial charge in [0.1, 0.15) is 5.75 Å². The number of hydrogen-bond acceptors (Lipinski definition) is 3. The van der Waals surface area contributed by atoms with E-state index in [2.05, 4.69) is 35.5 Å². The van der Waals surface area contributed by atoms with Crippen LogP contribution in [0.15, 0.2) is 47.5 Å². The van der Waals surface area contributed by atoms with Crippen molar-refractivity contribution >= 4 is 11.9 Å². The Balaban J connectivity index is 1.96. The van der Waals surface area contributed by atoms with E-state index in [0.717, 1.165) is 29.3 Å². The average molecular weight is 397 g/mol. The van der Waals surface area contributed by atoms with Crippen LogP contribution < -0.4 is 15.4 Å². The van der Waals surface area contributed by atoms with Crippen LogP contribution >= 0.6 is 0 Å². The van der Waals surface area contributed by atoms with E-state index in [9.17, 15) is 4.79 Å². The molecule has 2 aromatic carbocycles. The van der Waals surface area contributed by atoms with E-state index < -0.39 is 0 Å². The van der Waals surface area contributed by atoms with E-state index in [1.807, 2.05) is 36.4 Å². The Labute approximate surface area is 174 Å².